The van der Waals surface area contributed by atoms with Crippen molar-refractivity contribution in [2.75, 3.05) is 12.3 Å². The summed E-state index contributed by atoms with van der Waals surface area (Å²) in [7, 11) is -3.15. The van der Waals surface area contributed by atoms with Gasteiger partial charge in [-0.05, 0) is 17.8 Å². The van der Waals surface area contributed by atoms with E-state index in [2.05, 4.69) is 34.5 Å². The average molecular weight is 314 g/mol. The number of alkyl halides is 1. The van der Waals surface area contributed by atoms with Crippen LogP contribution in [0.15, 0.2) is 0 Å². The van der Waals surface area contributed by atoms with E-state index in [1.165, 1.54) is 0 Å². The lowest BCUT2D eigenvalue weighted by Gasteiger charge is -2.19. The molecule has 16 heavy (non-hydrogen) atoms. The van der Waals surface area contributed by atoms with E-state index in [4.69, 9.17) is 0 Å². The standard InChI is InChI=1S/C11H24BrNO2S/c1-9(2)6-10(12)7-13-16(14,15)8-11(3,4)5/h9-10,13H,6-8H2,1-5H3. The van der Waals surface area contributed by atoms with Crippen molar-refractivity contribution in [2.45, 2.75) is 45.9 Å². The third-order valence-electron chi connectivity index (χ3n) is 1.87. The predicted octanol–water partition coefficient (Wildman–Crippen LogP) is 2.76. The number of rotatable bonds is 6. The topological polar surface area (TPSA) is 46.2 Å². The first-order chi connectivity index (χ1) is 7.02. The van der Waals surface area contributed by atoms with Gasteiger partial charge in [0.1, 0.15) is 0 Å². The molecule has 1 atom stereocenters. The van der Waals surface area contributed by atoms with Crippen LogP contribution in [-0.4, -0.2) is 25.5 Å². The molecule has 1 unspecified atom stereocenters. The van der Waals surface area contributed by atoms with Gasteiger partial charge in [0.05, 0.1) is 5.75 Å². The fraction of sp³-hybridized carbons (Fsp3) is 1.00. The summed E-state index contributed by atoms with van der Waals surface area (Å²) in [6.07, 6.45) is 0.970. The number of nitrogens with one attached hydrogen (secondary N) is 1. The third kappa shape index (κ3) is 9.60. The summed E-state index contributed by atoms with van der Waals surface area (Å²) < 4.78 is 26.1. The van der Waals surface area contributed by atoms with Crippen LogP contribution in [0.3, 0.4) is 0 Å². The first-order valence-corrected chi connectivity index (χ1v) is 8.20. The van der Waals surface area contributed by atoms with E-state index < -0.39 is 10.0 Å². The number of halogens is 1. The summed E-state index contributed by atoms with van der Waals surface area (Å²) in [5.74, 6) is 0.734. The zero-order chi connectivity index (χ0) is 13.0. The van der Waals surface area contributed by atoms with E-state index >= 15 is 0 Å². The maximum absolute atomic E-state index is 11.7. The van der Waals surface area contributed by atoms with Crippen LogP contribution in [0, 0.1) is 11.3 Å². The summed E-state index contributed by atoms with van der Waals surface area (Å²) in [4.78, 5) is 0.210. The van der Waals surface area contributed by atoms with E-state index in [0.717, 1.165) is 6.42 Å². The van der Waals surface area contributed by atoms with Gasteiger partial charge in [0.2, 0.25) is 10.0 Å². The molecular weight excluding hydrogens is 290 g/mol. The van der Waals surface area contributed by atoms with Crippen molar-refractivity contribution in [3.63, 3.8) is 0 Å². The van der Waals surface area contributed by atoms with Crippen LogP contribution in [0.2, 0.25) is 0 Å². The van der Waals surface area contributed by atoms with Gasteiger partial charge in [-0.15, -0.1) is 0 Å². The second kappa shape index (κ2) is 6.36. The molecule has 5 heteroatoms. The largest absolute Gasteiger partial charge is 0.214 e. The minimum atomic E-state index is -3.15. The summed E-state index contributed by atoms with van der Waals surface area (Å²) in [5, 5.41) is 0. The molecule has 0 aliphatic carbocycles. The van der Waals surface area contributed by atoms with Gasteiger partial charge in [0.25, 0.3) is 0 Å². The molecule has 0 aromatic rings. The van der Waals surface area contributed by atoms with Crippen LogP contribution in [0.4, 0.5) is 0 Å². The van der Waals surface area contributed by atoms with Gasteiger partial charge in [-0.3, -0.25) is 0 Å². The smallest absolute Gasteiger partial charge is 0.212 e. The van der Waals surface area contributed by atoms with Crippen molar-refractivity contribution in [2.24, 2.45) is 11.3 Å². The SMILES string of the molecule is CC(C)CC(Br)CNS(=O)(=O)CC(C)(C)C. The van der Waals surface area contributed by atoms with Gasteiger partial charge in [-0.2, -0.15) is 0 Å². The number of sulfonamides is 1. The van der Waals surface area contributed by atoms with Gasteiger partial charge in [0, 0.05) is 11.4 Å². The molecule has 0 radical (unpaired) electrons. The molecule has 3 nitrogen and oxygen atoms in total. The van der Waals surface area contributed by atoms with Crippen molar-refractivity contribution in [1.29, 1.82) is 0 Å². The van der Waals surface area contributed by atoms with E-state index in [9.17, 15) is 8.42 Å². The highest BCUT2D eigenvalue weighted by atomic mass is 79.9. The molecule has 98 valence electrons. The molecule has 0 saturated heterocycles. The van der Waals surface area contributed by atoms with Crippen LogP contribution in [-0.2, 0) is 10.0 Å². The molecule has 0 heterocycles. The second-order valence-electron chi connectivity index (χ2n) is 5.90. The molecule has 0 aromatic carbocycles. The average Bonchev–Trinajstić information content (AvgIpc) is 1.95. The maximum atomic E-state index is 11.7. The summed E-state index contributed by atoms with van der Waals surface area (Å²) in [6, 6.07) is 0. The molecule has 0 rings (SSSR count). The molecule has 0 saturated carbocycles. The lowest BCUT2D eigenvalue weighted by molar-refractivity contribution is 0.457. The van der Waals surface area contributed by atoms with E-state index in [-0.39, 0.29) is 16.0 Å². The molecule has 0 amide bonds. The zero-order valence-electron chi connectivity index (χ0n) is 10.9. The summed E-state index contributed by atoms with van der Waals surface area (Å²) in [6.45, 7) is 10.5. The number of hydrogen-bond donors (Lipinski definition) is 1. The van der Waals surface area contributed by atoms with Crippen molar-refractivity contribution in [1.82, 2.24) is 4.72 Å². The Hall–Kier alpha value is 0.390. The zero-order valence-corrected chi connectivity index (χ0v) is 13.3. The molecule has 0 spiro atoms. The highest BCUT2D eigenvalue weighted by Crippen LogP contribution is 2.16. The van der Waals surface area contributed by atoms with Gasteiger partial charge < -0.3 is 0 Å². The Morgan fingerprint density at radius 3 is 2.12 bits per heavy atom. The van der Waals surface area contributed by atoms with Crippen LogP contribution in [0.25, 0.3) is 0 Å². The van der Waals surface area contributed by atoms with Crippen molar-refractivity contribution in [3.05, 3.63) is 0 Å². The Kier molecular flexibility index (Phi) is 6.51. The fourth-order valence-electron chi connectivity index (χ4n) is 1.43. The lowest BCUT2D eigenvalue weighted by Crippen LogP contribution is -2.35. The minimum absolute atomic E-state index is 0.168. The predicted molar refractivity (Wildman–Crippen MR) is 73.4 cm³/mol. The van der Waals surface area contributed by atoms with Crippen molar-refractivity contribution >= 4 is 26.0 Å². The Labute approximate surface area is 109 Å². The van der Waals surface area contributed by atoms with Crippen molar-refractivity contribution < 1.29 is 8.42 Å². The minimum Gasteiger partial charge on any atom is -0.214 e. The van der Waals surface area contributed by atoms with Gasteiger partial charge in [-0.1, -0.05) is 50.5 Å². The van der Waals surface area contributed by atoms with Gasteiger partial charge in [-0.25, -0.2) is 13.1 Å². The first kappa shape index (κ1) is 16.4. The monoisotopic (exact) mass is 313 g/mol. The van der Waals surface area contributed by atoms with E-state index in [1.807, 2.05) is 20.8 Å². The van der Waals surface area contributed by atoms with E-state index in [0.29, 0.717) is 12.5 Å². The molecule has 0 bridgehead atoms. The molecular formula is C11H24BrNO2S. The Balaban J connectivity index is 4.10. The molecule has 0 aliphatic heterocycles. The van der Waals surface area contributed by atoms with Crippen LogP contribution in [0.1, 0.15) is 41.0 Å². The fourth-order valence-corrected chi connectivity index (χ4v) is 4.25. The first-order valence-electron chi connectivity index (χ1n) is 5.63. The quantitative estimate of drug-likeness (QED) is 0.766. The second-order valence-corrected chi connectivity index (χ2v) is 9.00. The van der Waals surface area contributed by atoms with Gasteiger partial charge in [0.15, 0.2) is 0 Å². The highest BCUT2D eigenvalue weighted by Gasteiger charge is 2.22. The third-order valence-corrected chi connectivity index (χ3v) is 4.43. The summed E-state index contributed by atoms with van der Waals surface area (Å²) >= 11 is 3.48. The Morgan fingerprint density at radius 1 is 1.25 bits per heavy atom. The highest BCUT2D eigenvalue weighted by molar-refractivity contribution is 9.09. The van der Waals surface area contributed by atoms with Crippen LogP contribution >= 0.6 is 15.9 Å². The normalized spacial score (nSPS) is 15.4. The Bertz CT molecular complexity index is 294. The summed E-state index contributed by atoms with van der Waals surface area (Å²) in [5.41, 5.74) is -0.203. The maximum Gasteiger partial charge on any atom is 0.212 e. The lowest BCUT2D eigenvalue weighted by atomic mass is 10.0. The van der Waals surface area contributed by atoms with Gasteiger partial charge >= 0.3 is 0 Å². The molecule has 0 aromatic heterocycles. The van der Waals surface area contributed by atoms with Crippen molar-refractivity contribution in [3.8, 4) is 0 Å². The number of hydrogen-bond acceptors (Lipinski definition) is 2. The molecule has 0 fully saturated rings. The van der Waals surface area contributed by atoms with Crippen LogP contribution in [0.5, 0.6) is 0 Å². The molecule has 1 N–H and O–H groups in total. The molecule has 0 aliphatic rings. The Morgan fingerprint density at radius 2 is 1.75 bits per heavy atom. The van der Waals surface area contributed by atoms with E-state index in [1.54, 1.807) is 0 Å². The van der Waals surface area contributed by atoms with Crippen LogP contribution < -0.4 is 4.72 Å².